The lowest BCUT2D eigenvalue weighted by atomic mass is 10.1. The quantitative estimate of drug-likeness (QED) is 0.367. The third-order valence-corrected chi connectivity index (χ3v) is 7.37. The number of ether oxygens (including phenoxy) is 1. The molecule has 190 valence electrons. The lowest BCUT2D eigenvalue weighted by molar-refractivity contribution is -0.117. The van der Waals surface area contributed by atoms with Crippen LogP contribution in [0.5, 0.6) is 0 Å². The van der Waals surface area contributed by atoms with Crippen molar-refractivity contribution < 1.29 is 13.9 Å². The number of anilines is 3. The molecule has 4 fully saturated rings. The van der Waals surface area contributed by atoms with Crippen LogP contribution in [0, 0.1) is 5.92 Å². The minimum absolute atomic E-state index is 0.0200. The Hall–Kier alpha value is -3.76. The van der Waals surface area contributed by atoms with Crippen LogP contribution in [0.3, 0.4) is 0 Å². The summed E-state index contributed by atoms with van der Waals surface area (Å²) in [7, 11) is 0. The Balaban J connectivity index is 1.28. The number of morpholine rings is 1. The monoisotopic (exact) mass is 499 g/mol. The number of carbonyl (C=O) groups excluding carboxylic acids is 1. The first-order valence-corrected chi connectivity index (χ1v) is 13.0. The average molecular weight is 500 g/mol. The summed E-state index contributed by atoms with van der Waals surface area (Å²) in [6.07, 6.45) is 5.59. The zero-order valence-electron chi connectivity index (χ0n) is 20.7. The first-order valence-electron chi connectivity index (χ1n) is 13.0. The molecule has 1 amide bonds. The van der Waals surface area contributed by atoms with Crippen LogP contribution in [0.4, 0.5) is 17.3 Å². The summed E-state index contributed by atoms with van der Waals surface area (Å²) in [6, 6.07) is 8.35. The Morgan fingerprint density at radius 1 is 1.16 bits per heavy atom. The molecular formula is C27H29N7O3. The van der Waals surface area contributed by atoms with Crippen molar-refractivity contribution >= 4 is 45.1 Å². The molecule has 4 aliphatic rings. The molecule has 3 aliphatic heterocycles. The van der Waals surface area contributed by atoms with Gasteiger partial charge in [0.25, 0.3) is 0 Å². The molecule has 3 N–H and O–H groups in total. The fourth-order valence-corrected chi connectivity index (χ4v) is 5.24. The number of nitrogens with one attached hydrogen (secondary N) is 3. The predicted octanol–water partition coefficient (Wildman–Crippen LogP) is 3.40. The maximum atomic E-state index is 12.4. The minimum Gasteiger partial charge on any atom is -0.436 e. The maximum absolute atomic E-state index is 12.4. The van der Waals surface area contributed by atoms with Crippen molar-refractivity contribution in [1.29, 1.82) is 0 Å². The molecular weight excluding hydrogens is 470 g/mol. The van der Waals surface area contributed by atoms with E-state index in [4.69, 9.17) is 14.1 Å². The van der Waals surface area contributed by atoms with E-state index in [9.17, 15) is 4.79 Å². The summed E-state index contributed by atoms with van der Waals surface area (Å²) in [4.78, 5) is 28.8. The zero-order valence-corrected chi connectivity index (χ0v) is 20.7. The number of rotatable bonds is 6. The lowest BCUT2D eigenvalue weighted by Crippen LogP contribution is -2.49. The van der Waals surface area contributed by atoms with E-state index in [1.165, 1.54) is 0 Å². The van der Waals surface area contributed by atoms with Gasteiger partial charge in [-0.15, -0.1) is 0 Å². The van der Waals surface area contributed by atoms with Gasteiger partial charge in [-0.1, -0.05) is 0 Å². The van der Waals surface area contributed by atoms with Gasteiger partial charge in [-0.25, -0.2) is 15.0 Å². The summed E-state index contributed by atoms with van der Waals surface area (Å²) >= 11 is 0. The van der Waals surface area contributed by atoms with Crippen molar-refractivity contribution in [2.75, 3.05) is 48.3 Å². The molecule has 2 unspecified atom stereocenters. The summed E-state index contributed by atoms with van der Waals surface area (Å²) in [5, 5.41) is 11.4. The predicted molar refractivity (Wildman–Crippen MR) is 142 cm³/mol. The van der Waals surface area contributed by atoms with Gasteiger partial charge in [-0.2, -0.15) is 0 Å². The van der Waals surface area contributed by atoms with E-state index in [0.29, 0.717) is 23.3 Å². The van der Waals surface area contributed by atoms with E-state index in [2.05, 4.69) is 43.0 Å². The molecule has 2 bridgehead atoms. The van der Waals surface area contributed by atoms with E-state index < -0.39 is 0 Å². The smallest absolute Gasteiger partial charge is 0.229 e. The molecule has 1 aromatic carbocycles. The number of pyridine rings is 2. The Bertz CT molecular complexity index is 1490. The van der Waals surface area contributed by atoms with Gasteiger partial charge in [0.15, 0.2) is 5.58 Å². The molecule has 37 heavy (non-hydrogen) atoms. The van der Waals surface area contributed by atoms with Crippen molar-refractivity contribution in [1.82, 2.24) is 20.3 Å². The van der Waals surface area contributed by atoms with E-state index in [1.54, 1.807) is 12.4 Å². The third-order valence-electron chi connectivity index (χ3n) is 7.37. The number of hydrogen-bond acceptors (Lipinski definition) is 9. The van der Waals surface area contributed by atoms with Gasteiger partial charge >= 0.3 is 0 Å². The SMILES string of the molecule is CCNc1ncc(-c2nc3cc(N4CC5CNCC4CO5)ccc3o2)c2cc(NC(=O)C3CC3)ncc12. The molecule has 2 atom stereocenters. The number of carbonyl (C=O) groups is 1. The topological polar surface area (TPSA) is 117 Å². The number of benzene rings is 1. The van der Waals surface area contributed by atoms with Crippen molar-refractivity contribution in [3.63, 3.8) is 0 Å². The molecule has 1 saturated carbocycles. The number of aromatic nitrogens is 3. The number of hydrogen-bond donors (Lipinski definition) is 3. The van der Waals surface area contributed by atoms with E-state index in [1.807, 2.05) is 19.1 Å². The summed E-state index contributed by atoms with van der Waals surface area (Å²) in [5.74, 6) is 1.86. The second kappa shape index (κ2) is 8.97. The lowest BCUT2D eigenvalue weighted by Gasteiger charge is -2.37. The molecule has 0 radical (unpaired) electrons. The van der Waals surface area contributed by atoms with Crippen molar-refractivity contribution in [2.45, 2.75) is 31.9 Å². The first-order chi connectivity index (χ1) is 18.2. The van der Waals surface area contributed by atoms with Gasteiger partial charge < -0.3 is 30.0 Å². The Morgan fingerprint density at radius 2 is 2.08 bits per heavy atom. The maximum Gasteiger partial charge on any atom is 0.229 e. The van der Waals surface area contributed by atoms with Crippen LogP contribution in [-0.4, -0.2) is 65.8 Å². The van der Waals surface area contributed by atoms with Gasteiger partial charge in [0, 0.05) is 61.0 Å². The molecule has 0 spiro atoms. The fraction of sp³-hybridized carbons (Fsp3) is 0.407. The highest BCUT2D eigenvalue weighted by molar-refractivity contribution is 6.03. The van der Waals surface area contributed by atoms with Gasteiger partial charge in [-0.05, 0) is 44.0 Å². The summed E-state index contributed by atoms with van der Waals surface area (Å²) in [5.41, 5.74) is 3.38. The molecule has 10 nitrogen and oxygen atoms in total. The second-order valence-corrected chi connectivity index (χ2v) is 10.0. The highest BCUT2D eigenvalue weighted by Gasteiger charge is 2.32. The van der Waals surface area contributed by atoms with Gasteiger partial charge in [-0.3, -0.25) is 4.79 Å². The molecule has 1 aliphatic carbocycles. The summed E-state index contributed by atoms with van der Waals surface area (Å²) < 4.78 is 12.2. The molecule has 4 aromatic rings. The fourth-order valence-electron chi connectivity index (χ4n) is 5.24. The summed E-state index contributed by atoms with van der Waals surface area (Å²) in [6.45, 7) is 6.12. The largest absolute Gasteiger partial charge is 0.436 e. The van der Waals surface area contributed by atoms with Crippen LogP contribution in [0.1, 0.15) is 19.8 Å². The first kappa shape index (κ1) is 22.4. The van der Waals surface area contributed by atoms with Gasteiger partial charge in [0.2, 0.25) is 11.8 Å². The third kappa shape index (κ3) is 4.15. The molecule has 10 heteroatoms. The van der Waals surface area contributed by atoms with E-state index in [0.717, 1.165) is 79.0 Å². The molecule has 3 saturated heterocycles. The van der Waals surface area contributed by atoms with Gasteiger partial charge in [0.1, 0.15) is 17.2 Å². The molecule has 8 rings (SSSR count). The second-order valence-electron chi connectivity index (χ2n) is 10.0. The highest BCUT2D eigenvalue weighted by atomic mass is 16.5. The zero-order chi connectivity index (χ0) is 24.9. The van der Waals surface area contributed by atoms with Crippen molar-refractivity contribution in [3.8, 4) is 11.5 Å². The van der Waals surface area contributed by atoms with Gasteiger partial charge in [0.05, 0.1) is 24.3 Å². The highest BCUT2D eigenvalue weighted by Crippen LogP contribution is 2.36. The standard InChI is InChI=1S/C27H29N7O3/c1-2-29-25-20-11-30-24(33-26(35)15-3-4-15)8-19(20)21(12-31-25)27-32-22-7-16(5-6-23(22)37-27)34-13-18-10-28-9-17(34)14-36-18/h5-8,11-12,15,17-18,28H,2-4,9-10,13-14H2,1H3,(H,29,31)(H,30,33,35). The van der Waals surface area contributed by atoms with Crippen molar-refractivity contribution in [2.24, 2.45) is 5.92 Å². The molecule has 3 aromatic heterocycles. The number of oxazole rings is 1. The number of amides is 1. The Kier molecular flexibility index (Phi) is 5.44. The number of nitrogens with zero attached hydrogens (tertiary/aromatic N) is 4. The van der Waals surface area contributed by atoms with E-state index >= 15 is 0 Å². The Labute approximate surface area is 213 Å². The minimum atomic E-state index is 0.0200. The average Bonchev–Trinajstić information content (AvgIpc) is 3.74. The van der Waals surface area contributed by atoms with Crippen LogP contribution in [0.15, 0.2) is 41.1 Å². The van der Waals surface area contributed by atoms with Crippen LogP contribution in [0.2, 0.25) is 0 Å². The van der Waals surface area contributed by atoms with E-state index in [-0.39, 0.29) is 17.9 Å². The van der Waals surface area contributed by atoms with Crippen LogP contribution >= 0.6 is 0 Å². The number of fused-ring (bicyclic) bond motifs is 6. The van der Waals surface area contributed by atoms with Crippen LogP contribution < -0.4 is 20.9 Å². The van der Waals surface area contributed by atoms with Crippen LogP contribution in [-0.2, 0) is 9.53 Å². The molecule has 6 heterocycles. The Morgan fingerprint density at radius 3 is 2.95 bits per heavy atom. The normalized spacial score (nSPS) is 21.4. The van der Waals surface area contributed by atoms with Crippen LogP contribution in [0.25, 0.3) is 33.3 Å². The van der Waals surface area contributed by atoms with Crippen molar-refractivity contribution in [3.05, 3.63) is 36.7 Å².